The predicted octanol–water partition coefficient (Wildman–Crippen LogP) is 2.44. The highest BCUT2D eigenvalue weighted by atomic mass is 16.5. The summed E-state index contributed by atoms with van der Waals surface area (Å²) in [6.45, 7) is 2.95. The molecule has 6 heteroatoms. The number of ether oxygens (including phenoxy) is 1. The van der Waals surface area contributed by atoms with Gasteiger partial charge >= 0.3 is 0 Å². The molecule has 0 aliphatic carbocycles. The van der Waals surface area contributed by atoms with Crippen molar-refractivity contribution in [2.24, 2.45) is 0 Å². The number of imidazole rings is 1. The van der Waals surface area contributed by atoms with E-state index < -0.39 is 0 Å². The molecule has 5 rings (SSSR count). The van der Waals surface area contributed by atoms with Crippen LogP contribution < -0.4 is 4.90 Å². The van der Waals surface area contributed by atoms with Crippen LogP contribution in [0.1, 0.15) is 22.9 Å². The van der Waals surface area contributed by atoms with Crippen LogP contribution in [0.15, 0.2) is 36.7 Å². The average Bonchev–Trinajstić information content (AvgIpc) is 3.04. The Morgan fingerprint density at radius 3 is 3.00 bits per heavy atom. The molecule has 2 aliphatic heterocycles. The van der Waals surface area contributed by atoms with E-state index >= 15 is 0 Å². The van der Waals surface area contributed by atoms with E-state index in [1.165, 1.54) is 0 Å². The third-order valence-electron chi connectivity index (χ3n) is 5.07. The second-order valence-electron chi connectivity index (χ2n) is 6.58. The third kappa shape index (κ3) is 2.28. The molecular formula is C19H17N5O. The Kier molecular flexibility index (Phi) is 3.22. The van der Waals surface area contributed by atoms with Crippen LogP contribution in [-0.2, 0) is 17.8 Å². The van der Waals surface area contributed by atoms with Gasteiger partial charge in [-0.2, -0.15) is 5.26 Å². The number of para-hydroxylation sites is 2. The summed E-state index contributed by atoms with van der Waals surface area (Å²) in [7, 11) is 0. The number of fused-ring (bicyclic) bond motifs is 2. The lowest BCUT2D eigenvalue weighted by molar-refractivity contribution is 0.109. The molecule has 1 aromatic carbocycles. The van der Waals surface area contributed by atoms with E-state index in [9.17, 15) is 5.26 Å². The Bertz CT molecular complexity index is 997. The number of nitrogens with zero attached hydrogens (tertiary/aromatic N) is 5. The van der Waals surface area contributed by atoms with Crippen LogP contribution in [-0.4, -0.2) is 34.2 Å². The average molecular weight is 331 g/mol. The van der Waals surface area contributed by atoms with Gasteiger partial charge in [0.05, 0.1) is 47.9 Å². The first-order chi connectivity index (χ1) is 12.3. The Balaban J connectivity index is 1.43. The van der Waals surface area contributed by atoms with Gasteiger partial charge in [0, 0.05) is 25.1 Å². The van der Waals surface area contributed by atoms with E-state index in [1.807, 2.05) is 30.6 Å². The van der Waals surface area contributed by atoms with E-state index in [-0.39, 0.29) is 0 Å². The molecule has 2 aliphatic rings. The molecule has 0 saturated carbocycles. The molecule has 1 saturated heterocycles. The van der Waals surface area contributed by atoms with Gasteiger partial charge in [-0.25, -0.2) is 9.97 Å². The summed E-state index contributed by atoms with van der Waals surface area (Å²) in [5.74, 6) is 0.809. The second-order valence-corrected chi connectivity index (χ2v) is 6.58. The molecule has 6 nitrogen and oxygen atoms in total. The van der Waals surface area contributed by atoms with Crippen molar-refractivity contribution in [1.82, 2.24) is 14.5 Å². The van der Waals surface area contributed by atoms with Crippen LogP contribution in [0, 0.1) is 11.3 Å². The van der Waals surface area contributed by atoms with Crippen molar-refractivity contribution in [2.75, 3.05) is 24.6 Å². The lowest BCUT2D eigenvalue weighted by Gasteiger charge is -2.41. The first-order valence-electron chi connectivity index (χ1n) is 8.50. The van der Waals surface area contributed by atoms with Crippen molar-refractivity contribution < 1.29 is 4.74 Å². The van der Waals surface area contributed by atoms with Crippen LogP contribution in [0.2, 0.25) is 0 Å². The zero-order valence-corrected chi connectivity index (χ0v) is 13.7. The van der Waals surface area contributed by atoms with Gasteiger partial charge < -0.3 is 14.2 Å². The number of hydrogen-bond donors (Lipinski definition) is 0. The number of pyridine rings is 1. The minimum Gasteiger partial charge on any atom is -0.376 e. The van der Waals surface area contributed by atoms with E-state index in [0.717, 1.165) is 47.6 Å². The Morgan fingerprint density at radius 2 is 2.12 bits per heavy atom. The standard InChI is InChI=1S/C19H17N5O/c20-8-13-7-14-11-25-6-5-16(14)22-19(13)23-9-15(10-23)24-12-21-17-3-1-2-4-18(17)24/h1-4,7,12,15H,5-6,9-11H2. The van der Waals surface area contributed by atoms with Crippen LogP contribution in [0.4, 0.5) is 5.82 Å². The Morgan fingerprint density at radius 1 is 1.24 bits per heavy atom. The number of hydrogen-bond acceptors (Lipinski definition) is 5. The highest BCUT2D eigenvalue weighted by molar-refractivity contribution is 5.75. The SMILES string of the molecule is N#Cc1cc2c(nc1N1CC(n3cnc4ccccc43)C1)CCOC2. The largest absolute Gasteiger partial charge is 0.376 e. The molecule has 1 fully saturated rings. The Labute approximate surface area is 145 Å². The number of rotatable bonds is 2. The minimum absolute atomic E-state index is 0.361. The number of anilines is 1. The molecule has 2 aromatic heterocycles. The summed E-state index contributed by atoms with van der Waals surface area (Å²) in [6, 6.07) is 12.8. The minimum atomic E-state index is 0.361. The maximum absolute atomic E-state index is 9.51. The topological polar surface area (TPSA) is 67.0 Å². The monoisotopic (exact) mass is 331 g/mol. The van der Waals surface area contributed by atoms with Gasteiger partial charge in [-0.05, 0) is 18.2 Å². The maximum atomic E-state index is 9.51. The van der Waals surface area contributed by atoms with E-state index in [0.29, 0.717) is 24.8 Å². The summed E-state index contributed by atoms with van der Waals surface area (Å²) < 4.78 is 7.70. The molecule has 25 heavy (non-hydrogen) atoms. The third-order valence-corrected chi connectivity index (χ3v) is 5.07. The van der Waals surface area contributed by atoms with Crippen molar-refractivity contribution in [3.05, 3.63) is 53.5 Å². The van der Waals surface area contributed by atoms with Gasteiger partial charge in [-0.1, -0.05) is 12.1 Å². The number of aromatic nitrogens is 3. The molecule has 0 unspecified atom stereocenters. The van der Waals surface area contributed by atoms with Crippen molar-refractivity contribution in [1.29, 1.82) is 5.26 Å². The van der Waals surface area contributed by atoms with Crippen molar-refractivity contribution in [3.8, 4) is 6.07 Å². The Hall–Kier alpha value is -2.91. The molecule has 3 aromatic rings. The second kappa shape index (κ2) is 5.57. The summed E-state index contributed by atoms with van der Waals surface area (Å²) in [5, 5.41) is 9.51. The van der Waals surface area contributed by atoms with Crippen molar-refractivity contribution in [2.45, 2.75) is 19.1 Å². The quantitative estimate of drug-likeness (QED) is 0.721. The molecule has 124 valence electrons. The van der Waals surface area contributed by atoms with Crippen LogP contribution >= 0.6 is 0 Å². The number of benzene rings is 1. The molecule has 0 radical (unpaired) electrons. The predicted molar refractivity (Wildman–Crippen MR) is 93.3 cm³/mol. The maximum Gasteiger partial charge on any atom is 0.146 e. The van der Waals surface area contributed by atoms with Gasteiger partial charge in [0.2, 0.25) is 0 Å². The zero-order valence-electron chi connectivity index (χ0n) is 13.7. The summed E-state index contributed by atoms with van der Waals surface area (Å²) >= 11 is 0. The van der Waals surface area contributed by atoms with Crippen LogP contribution in [0.25, 0.3) is 11.0 Å². The van der Waals surface area contributed by atoms with Crippen LogP contribution in [0.3, 0.4) is 0 Å². The van der Waals surface area contributed by atoms with Gasteiger partial charge in [-0.15, -0.1) is 0 Å². The molecule has 0 amide bonds. The first kappa shape index (κ1) is 14.4. The zero-order chi connectivity index (χ0) is 16.8. The summed E-state index contributed by atoms with van der Waals surface area (Å²) in [4.78, 5) is 11.4. The smallest absolute Gasteiger partial charge is 0.146 e. The number of nitriles is 1. The fourth-order valence-corrected chi connectivity index (χ4v) is 3.67. The van der Waals surface area contributed by atoms with Gasteiger partial charge in [0.1, 0.15) is 11.9 Å². The normalized spacial score (nSPS) is 17.2. The molecule has 0 N–H and O–H groups in total. The van der Waals surface area contributed by atoms with Crippen molar-refractivity contribution >= 4 is 16.9 Å². The highest BCUT2D eigenvalue weighted by Gasteiger charge is 2.32. The summed E-state index contributed by atoms with van der Waals surface area (Å²) in [5.41, 5.74) is 4.92. The molecule has 4 heterocycles. The lowest BCUT2D eigenvalue weighted by Crippen LogP contribution is -2.48. The van der Waals surface area contributed by atoms with E-state index in [1.54, 1.807) is 0 Å². The molecular weight excluding hydrogens is 314 g/mol. The fourth-order valence-electron chi connectivity index (χ4n) is 3.67. The van der Waals surface area contributed by atoms with Gasteiger partial charge in [0.15, 0.2) is 0 Å². The van der Waals surface area contributed by atoms with Crippen LogP contribution in [0.5, 0.6) is 0 Å². The van der Waals surface area contributed by atoms with E-state index in [4.69, 9.17) is 9.72 Å². The highest BCUT2D eigenvalue weighted by Crippen LogP contribution is 2.32. The molecule has 0 atom stereocenters. The molecule has 0 bridgehead atoms. The van der Waals surface area contributed by atoms with Crippen molar-refractivity contribution in [3.63, 3.8) is 0 Å². The summed E-state index contributed by atoms with van der Waals surface area (Å²) in [6.07, 6.45) is 2.73. The molecule has 0 spiro atoms. The van der Waals surface area contributed by atoms with Gasteiger partial charge in [0.25, 0.3) is 0 Å². The van der Waals surface area contributed by atoms with E-state index in [2.05, 4.69) is 26.6 Å². The van der Waals surface area contributed by atoms with Gasteiger partial charge in [-0.3, -0.25) is 0 Å². The lowest BCUT2D eigenvalue weighted by atomic mass is 10.0. The fraction of sp³-hybridized carbons (Fsp3) is 0.316. The first-order valence-corrected chi connectivity index (χ1v) is 8.50.